The van der Waals surface area contributed by atoms with Gasteiger partial charge in [-0.15, -0.1) is 0 Å². The van der Waals surface area contributed by atoms with E-state index >= 15 is 0 Å². The van der Waals surface area contributed by atoms with Crippen LogP contribution in [0.1, 0.15) is 40.2 Å². The lowest BCUT2D eigenvalue weighted by Crippen LogP contribution is -2.52. The van der Waals surface area contributed by atoms with Crippen molar-refractivity contribution in [2.45, 2.75) is 45.1 Å². The third-order valence-electron chi connectivity index (χ3n) is 8.34. The van der Waals surface area contributed by atoms with Gasteiger partial charge in [0.15, 0.2) is 0 Å². The van der Waals surface area contributed by atoms with Gasteiger partial charge in [0.05, 0.1) is 18.4 Å². The van der Waals surface area contributed by atoms with E-state index in [1.54, 1.807) is 4.90 Å². The summed E-state index contributed by atoms with van der Waals surface area (Å²) in [7, 11) is 0. The van der Waals surface area contributed by atoms with Crippen molar-refractivity contribution in [1.29, 1.82) is 0 Å². The van der Waals surface area contributed by atoms with Crippen molar-refractivity contribution < 1.29 is 14.4 Å². The van der Waals surface area contributed by atoms with Gasteiger partial charge < -0.3 is 9.47 Å². The molecule has 0 radical (unpaired) electrons. The number of hydrogen-bond acceptors (Lipinski definition) is 5. The number of piperidine rings is 1. The van der Waals surface area contributed by atoms with Crippen molar-refractivity contribution in [2.24, 2.45) is 0 Å². The Bertz CT molecular complexity index is 1710. The van der Waals surface area contributed by atoms with Crippen molar-refractivity contribution in [3.05, 3.63) is 100 Å². The zero-order valence-corrected chi connectivity index (χ0v) is 23.1. The summed E-state index contributed by atoms with van der Waals surface area (Å²) in [6, 6.07) is 21.6. The van der Waals surface area contributed by atoms with Crippen LogP contribution in [0.5, 0.6) is 0 Å². The summed E-state index contributed by atoms with van der Waals surface area (Å²) in [4.78, 5) is 45.8. The maximum atomic E-state index is 13.1. The number of fused-ring (bicyclic) bond motifs is 2. The first kappa shape index (κ1) is 25.7. The summed E-state index contributed by atoms with van der Waals surface area (Å²) in [5, 5.41) is 3.11. The molecule has 1 saturated heterocycles. The smallest absolute Gasteiger partial charge is 0.255 e. The number of amides is 3. The Kier molecular flexibility index (Phi) is 6.44. The predicted molar refractivity (Wildman–Crippen MR) is 155 cm³/mol. The second kappa shape index (κ2) is 10.3. The van der Waals surface area contributed by atoms with Crippen molar-refractivity contribution >= 4 is 29.3 Å². The van der Waals surface area contributed by atoms with E-state index in [9.17, 15) is 14.4 Å². The summed E-state index contributed by atoms with van der Waals surface area (Å²) in [6.07, 6.45) is 2.51. The van der Waals surface area contributed by atoms with Gasteiger partial charge in [0.25, 0.3) is 5.91 Å². The van der Waals surface area contributed by atoms with Gasteiger partial charge in [-0.05, 0) is 41.3 Å². The zero-order valence-electron chi connectivity index (χ0n) is 22.3. The number of rotatable bonds is 5. The minimum Gasteiger partial charge on any atom is -0.326 e. The molecule has 3 aromatic carbocycles. The Morgan fingerprint density at radius 1 is 0.902 bits per heavy atom. The minimum atomic E-state index is -0.618. The van der Waals surface area contributed by atoms with Crippen LogP contribution in [0.25, 0.3) is 22.4 Å². The number of imidazole rings is 1. The Labute approximate surface area is 242 Å². The van der Waals surface area contributed by atoms with Crippen LogP contribution in [0.2, 0.25) is 5.02 Å². The number of halogens is 1. The van der Waals surface area contributed by atoms with Gasteiger partial charge in [0, 0.05) is 54.3 Å². The number of nitrogens with zero attached hydrogens (tertiary/aromatic N) is 4. The molecule has 206 valence electrons. The lowest BCUT2D eigenvalue weighted by Gasteiger charge is -2.29. The quantitative estimate of drug-likeness (QED) is 0.356. The van der Waals surface area contributed by atoms with E-state index in [0.29, 0.717) is 18.5 Å². The monoisotopic (exact) mass is 565 g/mol. The molecule has 41 heavy (non-hydrogen) atoms. The van der Waals surface area contributed by atoms with Crippen molar-refractivity contribution in [2.75, 3.05) is 6.54 Å². The average Bonchev–Trinajstić information content (AvgIpc) is 3.54. The van der Waals surface area contributed by atoms with Crippen LogP contribution >= 0.6 is 11.6 Å². The highest BCUT2D eigenvalue weighted by molar-refractivity contribution is 6.33. The molecular weight excluding hydrogens is 538 g/mol. The fraction of sp³-hybridized carbons (Fsp3) is 0.250. The fourth-order valence-electron chi connectivity index (χ4n) is 6.25. The van der Waals surface area contributed by atoms with Gasteiger partial charge in [-0.25, -0.2) is 4.98 Å². The first-order valence-electron chi connectivity index (χ1n) is 13.8. The van der Waals surface area contributed by atoms with Gasteiger partial charge >= 0.3 is 0 Å². The normalized spacial score (nSPS) is 18.8. The summed E-state index contributed by atoms with van der Waals surface area (Å²) < 4.78 is 2.26. The highest BCUT2D eigenvalue weighted by atomic mass is 35.5. The Morgan fingerprint density at radius 3 is 2.54 bits per heavy atom. The maximum Gasteiger partial charge on any atom is 0.255 e. The largest absolute Gasteiger partial charge is 0.326 e. The van der Waals surface area contributed by atoms with Gasteiger partial charge in [-0.1, -0.05) is 60.1 Å². The molecular formula is C32H28ClN5O3. The standard InChI is InChI=1S/C32H28ClN5O3/c33-26-8-4-3-7-25(26)23-6-2-1-5-21(23)17-36-13-14-37-28(16-34-29(37)19-36)20-9-10-24-22(15-20)18-38(32(24)41)27-11-12-30(39)35-31(27)40/h1-10,15-16,27H,11-14,17-19H2,(H,35,39,40)/t27-/m0/s1. The van der Waals surface area contributed by atoms with Crippen molar-refractivity contribution in [3.63, 3.8) is 0 Å². The SMILES string of the molecule is O=C1CC[C@H](N2Cc3cc(-c4cnc5n4CCN(Cc4ccccc4-c4ccccc4Cl)C5)ccc3C2=O)C(=O)N1. The van der Waals surface area contributed by atoms with Crippen molar-refractivity contribution in [1.82, 2.24) is 24.7 Å². The lowest BCUT2D eigenvalue weighted by atomic mass is 9.99. The molecule has 8 nitrogen and oxygen atoms in total. The van der Waals surface area contributed by atoms with Crippen molar-refractivity contribution in [3.8, 4) is 22.4 Å². The summed E-state index contributed by atoms with van der Waals surface area (Å²) in [5.74, 6) is 0.158. The average molecular weight is 566 g/mol. The predicted octanol–water partition coefficient (Wildman–Crippen LogP) is 4.65. The van der Waals surface area contributed by atoms with Gasteiger partial charge in [0.1, 0.15) is 11.9 Å². The lowest BCUT2D eigenvalue weighted by molar-refractivity contribution is -0.136. The fourth-order valence-corrected chi connectivity index (χ4v) is 6.49. The molecule has 4 heterocycles. The number of carbonyl (C=O) groups excluding carboxylic acids is 3. The third-order valence-corrected chi connectivity index (χ3v) is 8.67. The Hall–Kier alpha value is -4.27. The molecule has 7 rings (SSSR count). The molecule has 0 spiro atoms. The summed E-state index contributed by atoms with van der Waals surface area (Å²) >= 11 is 6.53. The van der Waals surface area contributed by atoms with E-state index < -0.39 is 11.9 Å². The molecule has 4 aromatic rings. The molecule has 0 saturated carbocycles. The van der Waals surface area contributed by atoms with Crippen LogP contribution in [0.4, 0.5) is 0 Å². The van der Waals surface area contributed by atoms with E-state index in [0.717, 1.165) is 65.0 Å². The Balaban J connectivity index is 1.09. The van der Waals surface area contributed by atoms with Crippen LogP contribution in [0, 0.1) is 0 Å². The zero-order chi connectivity index (χ0) is 28.1. The van der Waals surface area contributed by atoms with Gasteiger partial charge in [-0.3, -0.25) is 24.6 Å². The van der Waals surface area contributed by atoms with E-state index in [1.807, 2.05) is 48.7 Å². The van der Waals surface area contributed by atoms with Gasteiger partial charge in [-0.2, -0.15) is 0 Å². The molecule has 3 aliphatic heterocycles. The second-order valence-electron chi connectivity index (χ2n) is 10.8. The number of imide groups is 1. The van der Waals surface area contributed by atoms with Gasteiger partial charge in [0.2, 0.25) is 11.8 Å². The van der Waals surface area contributed by atoms with Crippen LogP contribution in [-0.4, -0.2) is 49.7 Å². The molecule has 0 aliphatic carbocycles. The molecule has 0 bridgehead atoms. The Morgan fingerprint density at radius 2 is 1.71 bits per heavy atom. The molecule has 1 fully saturated rings. The number of nitrogens with one attached hydrogen (secondary N) is 1. The molecule has 0 unspecified atom stereocenters. The van der Waals surface area contributed by atoms with E-state index in [-0.39, 0.29) is 18.2 Å². The topological polar surface area (TPSA) is 87.5 Å². The first-order chi connectivity index (χ1) is 20.0. The molecule has 1 N–H and O–H groups in total. The van der Waals surface area contributed by atoms with E-state index in [2.05, 4.69) is 39.0 Å². The molecule has 3 amide bonds. The second-order valence-corrected chi connectivity index (χ2v) is 11.2. The number of aromatic nitrogens is 2. The minimum absolute atomic E-state index is 0.163. The highest BCUT2D eigenvalue weighted by Crippen LogP contribution is 2.34. The molecule has 1 aromatic heterocycles. The first-order valence-corrected chi connectivity index (χ1v) is 14.2. The van der Waals surface area contributed by atoms with Crippen LogP contribution in [0.15, 0.2) is 72.9 Å². The van der Waals surface area contributed by atoms with E-state index in [1.165, 1.54) is 5.56 Å². The number of hydrogen-bond donors (Lipinski definition) is 1. The summed E-state index contributed by atoms with van der Waals surface area (Å²) in [5.41, 5.74) is 6.93. The van der Waals surface area contributed by atoms with Crippen LogP contribution in [-0.2, 0) is 35.8 Å². The molecule has 1 atom stereocenters. The summed E-state index contributed by atoms with van der Waals surface area (Å²) in [6.45, 7) is 3.55. The van der Waals surface area contributed by atoms with Crippen LogP contribution < -0.4 is 5.32 Å². The van der Waals surface area contributed by atoms with E-state index in [4.69, 9.17) is 16.6 Å². The number of carbonyl (C=O) groups is 3. The molecule has 3 aliphatic rings. The van der Waals surface area contributed by atoms with Crippen LogP contribution in [0.3, 0.4) is 0 Å². The third kappa shape index (κ3) is 4.63. The number of benzene rings is 3. The molecule has 9 heteroatoms. The highest BCUT2D eigenvalue weighted by Gasteiger charge is 2.39. The maximum absolute atomic E-state index is 13.1.